The van der Waals surface area contributed by atoms with E-state index in [1.54, 1.807) is 0 Å². The summed E-state index contributed by atoms with van der Waals surface area (Å²) in [6.45, 7) is 4.07. The predicted molar refractivity (Wildman–Crippen MR) is 63.0 cm³/mol. The number of thiol groups is 1. The fraction of sp³-hybridized carbons (Fsp3) is 0.167. The van der Waals surface area contributed by atoms with Crippen molar-refractivity contribution in [3.05, 3.63) is 52.4 Å². The molecule has 0 fully saturated rings. The van der Waals surface area contributed by atoms with Crippen LogP contribution in [0.4, 0.5) is 0 Å². The van der Waals surface area contributed by atoms with Crippen LogP contribution in [0.25, 0.3) is 6.08 Å². The zero-order chi connectivity index (χ0) is 9.68. The second-order valence-corrected chi connectivity index (χ2v) is 3.50. The number of allylic oxidation sites excluding steroid dienone is 2. The summed E-state index contributed by atoms with van der Waals surface area (Å²) in [5.41, 5.74) is 2.47. The molecule has 0 saturated carbocycles. The van der Waals surface area contributed by atoms with Crippen LogP contribution in [-0.4, -0.2) is 0 Å². The molecule has 0 saturated heterocycles. The SMILES string of the molecule is C/C=C\C(S)=C/c1ccc(C)cc1. The molecule has 0 spiro atoms. The van der Waals surface area contributed by atoms with Crippen LogP contribution in [0.15, 0.2) is 41.3 Å². The lowest BCUT2D eigenvalue weighted by Crippen LogP contribution is -1.74. The molecule has 0 aliphatic rings. The molecule has 0 N–H and O–H groups in total. The van der Waals surface area contributed by atoms with Crippen molar-refractivity contribution in [2.24, 2.45) is 0 Å². The molecular weight excluding hydrogens is 176 g/mol. The van der Waals surface area contributed by atoms with Crippen LogP contribution >= 0.6 is 12.6 Å². The Labute approximate surface area is 85.4 Å². The molecule has 0 aliphatic heterocycles. The summed E-state index contributed by atoms with van der Waals surface area (Å²) in [5, 5.41) is 0. The van der Waals surface area contributed by atoms with Crippen LogP contribution in [0.5, 0.6) is 0 Å². The van der Waals surface area contributed by atoms with E-state index in [-0.39, 0.29) is 0 Å². The Bertz CT molecular complexity index is 317. The van der Waals surface area contributed by atoms with Crippen LogP contribution in [0.2, 0.25) is 0 Å². The summed E-state index contributed by atoms with van der Waals surface area (Å²) in [4.78, 5) is 0.978. The van der Waals surface area contributed by atoms with Gasteiger partial charge in [0.1, 0.15) is 0 Å². The number of benzene rings is 1. The molecule has 0 bridgehead atoms. The first-order valence-corrected chi connectivity index (χ1v) is 4.77. The van der Waals surface area contributed by atoms with Crippen LogP contribution in [0.1, 0.15) is 18.1 Å². The van der Waals surface area contributed by atoms with E-state index in [1.807, 2.05) is 25.2 Å². The molecule has 0 atom stereocenters. The fourth-order valence-electron chi connectivity index (χ4n) is 1.05. The first-order valence-electron chi connectivity index (χ1n) is 4.32. The average molecular weight is 190 g/mol. The van der Waals surface area contributed by atoms with Gasteiger partial charge in [-0.05, 0) is 25.5 Å². The smallest absolute Gasteiger partial charge is 0.00426 e. The Hall–Kier alpha value is -0.950. The number of aryl methyl sites for hydroxylation is 1. The van der Waals surface area contributed by atoms with Gasteiger partial charge in [-0.15, -0.1) is 12.6 Å². The molecule has 0 radical (unpaired) electrons. The highest BCUT2D eigenvalue weighted by atomic mass is 32.1. The van der Waals surface area contributed by atoms with Gasteiger partial charge in [-0.3, -0.25) is 0 Å². The van der Waals surface area contributed by atoms with Crippen molar-refractivity contribution in [3.8, 4) is 0 Å². The predicted octanol–water partition coefficient (Wildman–Crippen LogP) is 3.84. The highest BCUT2D eigenvalue weighted by Gasteiger charge is 1.88. The van der Waals surface area contributed by atoms with Crippen molar-refractivity contribution >= 4 is 18.7 Å². The zero-order valence-corrected chi connectivity index (χ0v) is 8.88. The molecule has 1 aromatic rings. The Morgan fingerprint density at radius 1 is 1.23 bits per heavy atom. The maximum atomic E-state index is 4.32. The van der Waals surface area contributed by atoms with Crippen molar-refractivity contribution in [2.45, 2.75) is 13.8 Å². The van der Waals surface area contributed by atoms with Gasteiger partial charge >= 0.3 is 0 Å². The number of hydrogen-bond acceptors (Lipinski definition) is 1. The minimum atomic E-state index is 0.978. The van der Waals surface area contributed by atoms with E-state index in [4.69, 9.17) is 0 Å². The Balaban J connectivity index is 2.85. The van der Waals surface area contributed by atoms with Gasteiger partial charge < -0.3 is 0 Å². The quantitative estimate of drug-likeness (QED) is 0.531. The largest absolute Gasteiger partial charge is 0.143 e. The lowest BCUT2D eigenvalue weighted by molar-refractivity contribution is 1.46. The Kier molecular flexibility index (Phi) is 3.84. The van der Waals surface area contributed by atoms with Crippen molar-refractivity contribution in [3.63, 3.8) is 0 Å². The molecule has 0 heterocycles. The molecule has 1 aromatic carbocycles. The standard InChI is InChI=1S/C12H14S/c1-3-4-12(13)9-11-7-5-10(2)6-8-11/h3-9,13H,1-2H3/b4-3-,12-9+. The third-order valence-electron chi connectivity index (χ3n) is 1.73. The van der Waals surface area contributed by atoms with Crippen LogP contribution in [0.3, 0.4) is 0 Å². The highest BCUT2D eigenvalue weighted by Crippen LogP contribution is 2.11. The van der Waals surface area contributed by atoms with Crippen molar-refractivity contribution in [1.29, 1.82) is 0 Å². The first kappa shape index (κ1) is 10.1. The summed E-state index contributed by atoms with van der Waals surface area (Å²) in [5.74, 6) is 0. The molecule has 1 heteroatoms. The number of hydrogen-bond donors (Lipinski definition) is 1. The lowest BCUT2D eigenvalue weighted by Gasteiger charge is -1.95. The maximum absolute atomic E-state index is 4.32. The van der Waals surface area contributed by atoms with E-state index >= 15 is 0 Å². The van der Waals surface area contributed by atoms with Crippen molar-refractivity contribution < 1.29 is 0 Å². The molecule has 13 heavy (non-hydrogen) atoms. The molecular formula is C12H14S. The van der Waals surface area contributed by atoms with Gasteiger partial charge in [0.05, 0.1) is 0 Å². The zero-order valence-electron chi connectivity index (χ0n) is 7.99. The summed E-state index contributed by atoms with van der Waals surface area (Å²) in [7, 11) is 0. The summed E-state index contributed by atoms with van der Waals surface area (Å²) in [6.07, 6.45) is 6.00. The van der Waals surface area contributed by atoms with Gasteiger partial charge in [0.2, 0.25) is 0 Å². The first-order chi connectivity index (χ1) is 6.22. The Morgan fingerprint density at radius 3 is 2.38 bits per heavy atom. The lowest BCUT2D eigenvalue weighted by atomic mass is 10.1. The van der Waals surface area contributed by atoms with Crippen molar-refractivity contribution in [2.75, 3.05) is 0 Å². The maximum Gasteiger partial charge on any atom is 0.00426 e. The van der Waals surface area contributed by atoms with Crippen LogP contribution in [-0.2, 0) is 0 Å². The Morgan fingerprint density at radius 2 is 1.85 bits per heavy atom. The van der Waals surface area contributed by atoms with Crippen molar-refractivity contribution in [1.82, 2.24) is 0 Å². The van der Waals surface area contributed by atoms with Crippen LogP contribution < -0.4 is 0 Å². The van der Waals surface area contributed by atoms with Gasteiger partial charge in [-0.25, -0.2) is 0 Å². The summed E-state index contributed by atoms with van der Waals surface area (Å²) in [6, 6.07) is 8.38. The van der Waals surface area contributed by atoms with Gasteiger partial charge in [0.15, 0.2) is 0 Å². The van der Waals surface area contributed by atoms with Gasteiger partial charge in [-0.2, -0.15) is 0 Å². The summed E-state index contributed by atoms with van der Waals surface area (Å²) < 4.78 is 0. The molecule has 1 rings (SSSR count). The van der Waals surface area contributed by atoms with E-state index in [9.17, 15) is 0 Å². The molecule has 0 amide bonds. The molecule has 0 aromatic heterocycles. The fourth-order valence-corrected chi connectivity index (χ4v) is 1.35. The highest BCUT2D eigenvalue weighted by molar-refractivity contribution is 7.84. The molecule has 0 aliphatic carbocycles. The average Bonchev–Trinajstić information content (AvgIpc) is 2.09. The van der Waals surface area contributed by atoms with Gasteiger partial charge in [-0.1, -0.05) is 42.0 Å². The van der Waals surface area contributed by atoms with Gasteiger partial charge in [0.25, 0.3) is 0 Å². The third kappa shape index (κ3) is 3.51. The number of rotatable bonds is 2. The van der Waals surface area contributed by atoms with Crippen LogP contribution in [0, 0.1) is 6.92 Å². The molecule has 0 unspecified atom stereocenters. The topological polar surface area (TPSA) is 0 Å². The normalized spacial score (nSPS) is 12.4. The monoisotopic (exact) mass is 190 g/mol. The third-order valence-corrected chi connectivity index (χ3v) is 2.01. The second-order valence-electron chi connectivity index (χ2n) is 2.98. The van der Waals surface area contributed by atoms with E-state index in [1.165, 1.54) is 11.1 Å². The minimum absolute atomic E-state index is 0.978. The molecule has 0 nitrogen and oxygen atoms in total. The van der Waals surface area contributed by atoms with E-state index < -0.39 is 0 Å². The second kappa shape index (κ2) is 4.93. The molecule has 68 valence electrons. The van der Waals surface area contributed by atoms with Gasteiger partial charge in [0, 0.05) is 4.91 Å². The minimum Gasteiger partial charge on any atom is -0.143 e. The summed E-state index contributed by atoms with van der Waals surface area (Å²) >= 11 is 4.32. The van der Waals surface area contributed by atoms with E-state index in [0.29, 0.717) is 0 Å². The van der Waals surface area contributed by atoms with E-state index in [0.717, 1.165) is 4.91 Å². The van der Waals surface area contributed by atoms with E-state index in [2.05, 4.69) is 43.8 Å².